The monoisotopic (exact) mass is 598 g/mol. The van der Waals surface area contributed by atoms with E-state index in [4.69, 9.17) is 16.6 Å². The summed E-state index contributed by atoms with van der Waals surface area (Å²) in [7, 11) is 0. The molecule has 1 aliphatic heterocycles. The number of nitrogens with one attached hydrogen (secondary N) is 1. The first-order valence-electron chi connectivity index (χ1n) is 13.4. The fourth-order valence-corrected chi connectivity index (χ4v) is 5.20. The quantitative estimate of drug-likeness (QED) is 0.225. The molecule has 41 heavy (non-hydrogen) atoms. The Kier molecular flexibility index (Phi) is 10.1. The van der Waals surface area contributed by atoms with Crippen LogP contribution < -0.4 is 5.32 Å². The minimum atomic E-state index is -0.549. The number of benzene rings is 3. The Morgan fingerprint density at radius 1 is 1.05 bits per heavy atom. The average molecular weight is 599 g/mol. The molecule has 5 rings (SSSR count). The first kappa shape index (κ1) is 30.6. The number of aliphatic hydroxyl groups is 1. The molecule has 0 aliphatic carbocycles. The van der Waals surface area contributed by atoms with E-state index < -0.39 is 11.9 Å². The number of aromatic nitrogens is 2. The Morgan fingerprint density at radius 3 is 2.46 bits per heavy atom. The number of halogens is 3. The molecule has 0 bridgehead atoms. The van der Waals surface area contributed by atoms with Crippen LogP contribution in [-0.4, -0.2) is 38.1 Å². The molecule has 1 unspecified atom stereocenters. The maximum atomic E-state index is 14.2. The molecule has 1 aliphatic rings. The van der Waals surface area contributed by atoms with Gasteiger partial charge in [0, 0.05) is 30.3 Å². The summed E-state index contributed by atoms with van der Waals surface area (Å²) in [5.74, 6) is 0.142. The fraction of sp³-hybridized carbons (Fsp3) is 0.290. The minimum Gasteiger partial charge on any atom is -0.393 e. The Balaban J connectivity index is 0.00000387. The molecule has 0 saturated carbocycles. The van der Waals surface area contributed by atoms with Gasteiger partial charge in [0.1, 0.15) is 29.0 Å². The van der Waals surface area contributed by atoms with E-state index >= 15 is 0 Å². The van der Waals surface area contributed by atoms with Gasteiger partial charge in [-0.15, -0.1) is 0 Å². The molecular weight excluding hydrogens is 566 g/mol. The normalized spacial score (nSPS) is 14.1. The number of hydrogen-bond acceptors (Lipinski definition) is 4. The second-order valence-electron chi connectivity index (χ2n) is 10.2. The zero-order valence-electron chi connectivity index (χ0n) is 22.7. The van der Waals surface area contributed by atoms with Crippen LogP contribution in [0.15, 0.2) is 72.8 Å². The second-order valence-corrected chi connectivity index (χ2v) is 10.6. The van der Waals surface area contributed by atoms with E-state index in [9.17, 15) is 18.7 Å². The molecule has 1 amide bonds. The van der Waals surface area contributed by atoms with Crippen molar-refractivity contribution in [1.82, 2.24) is 14.5 Å². The average Bonchev–Trinajstić information content (AvgIpc) is 3.30. The van der Waals surface area contributed by atoms with Crippen LogP contribution in [0.3, 0.4) is 0 Å². The third-order valence-corrected chi connectivity index (χ3v) is 7.50. The summed E-state index contributed by atoms with van der Waals surface area (Å²) in [5.41, 5.74) is 2.84. The summed E-state index contributed by atoms with van der Waals surface area (Å²) in [6.45, 7) is 2.97. The molecule has 6 nitrogen and oxygen atoms in total. The number of nitrogens with zero attached hydrogens (tertiary/aromatic N) is 3. The van der Waals surface area contributed by atoms with Crippen LogP contribution in [-0.2, 0) is 24.3 Å². The summed E-state index contributed by atoms with van der Waals surface area (Å²) < 4.78 is 29.9. The number of carbonyl (C=O) groups is 1. The van der Waals surface area contributed by atoms with Crippen molar-refractivity contribution in [3.8, 4) is 11.3 Å². The molecule has 2 N–H and O–H groups in total. The zero-order valence-corrected chi connectivity index (χ0v) is 24.4. The Morgan fingerprint density at radius 2 is 1.78 bits per heavy atom. The van der Waals surface area contributed by atoms with Crippen molar-refractivity contribution in [3.05, 3.63) is 101 Å². The lowest BCUT2D eigenvalue weighted by Gasteiger charge is -2.32. The van der Waals surface area contributed by atoms with Crippen molar-refractivity contribution in [2.45, 2.75) is 45.4 Å². The smallest absolute Gasteiger partial charge is 0.226 e. The van der Waals surface area contributed by atoms with Gasteiger partial charge < -0.3 is 19.9 Å². The van der Waals surface area contributed by atoms with Crippen LogP contribution in [0, 0.1) is 17.6 Å². The van der Waals surface area contributed by atoms with E-state index in [0.717, 1.165) is 5.56 Å². The van der Waals surface area contributed by atoms with Crippen molar-refractivity contribution in [1.29, 1.82) is 0 Å². The summed E-state index contributed by atoms with van der Waals surface area (Å²) >= 11 is 5.87. The SMILES string of the molecule is CC(O)CC[C@@H](Cc1ccccc1)C(=O)N1CCn2c(nc(-c3ccc(F)cc3)c2Nc2ccc(Cl)c(F)c2)C1.S. The summed E-state index contributed by atoms with van der Waals surface area (Å²) in [4.78, 5) is 20.5. The first-order valence-corrected chi connectivity index (χ1v) is 13.7. The molecule has 0 fully saturated rings. The van der Waals surface area contributed by atoms with Gasteiger partial charge in [-0.2, -0.15) is 13.5 Å². The van der Waals surface area contributed by atoms with Gasteiger partial charge in [-0.3, -0.25) is 4.79 Å². The third-order valence-electron chi connectivity index (χ3n) is 7.19. The van der Waals surface area contributed by atoms with Crippen LogP contribution in [0.5, 0.6) is 0 Å². The predicted octanol–water partition coefficient (Wildman–Crippen LogP) is 6.70. The Labute approximate surface area is 250 Å². The molecule has 2 atom stereocenters. The van der Waals surface area contributed by atoms with Crippen LogP contribution in [0.4, 0.5) is 20.3 Å². The lowest BCUT2D eigenvalue weighted by Crippen LogP contribution is -2.42. The van der Waals surface area contributed by atoms with Crippen molar-refractivity contribution in [2.24, 2.45) is 5.92 Å². The van der Waals surface area contributed by atoms with Crippen LogP contribution in [0.25, 0.3) is 11.3 Å². The highest BCUT2D eigenvalue weighted by Crippen LogP contribution is 2.34. The fourth-order valence-electron chi connectivity index (χ4n) is 5.08. The maximum absolute atomic E-state index is 14.2. The molecule has 216 valence electrons. The largest absolute Gasteiger partial charge is 0.393 e. The van der Waals surface area contributed by atoms with Gasteiger partial charge in [-0.05, 0) is 74.2 Å². The van der Waals surface area contributed by atoms with Gasteiger partial charge in [0.05, 0.1) is 17.7 Å². The van der Waals surface area contributed by atoms with Crippen LogP contribution >= 0.6 is 25.1 Å². The summed E-state index contributed by atoms with van der Waals surface area (Å²) in [6, 6.07) is 20.4. The number of fused-ring (bicyclic) bond motifs is 1. The molecule has 0 radical (unpaired) electrons. The lowest BCUT2D eigenvalue weighted by molar-refractivity contribution is -0.137. The number of amides is 1. The first-order chi connectivity index (χ1) is 19.3. The molecule has 2 heterocycles. The predicted molar refractivity (Wildman–Crippen MR) is 163 cm³/mol. The van der Waals surface area contributed by atoms with Gasteiger partial charge in [0.25, 0.3) is 0 Å². The number of anilines is 2. The van der Waals surface area contributed by atoms with Crippen molar-refractivity contribution in [3.63, 3.8) is 0 Å². The highest BCUT2D eigenvalue weighted by molar-refractivity contribution is 7.59. The number of aliphatic hydroxyl groups excluding tert-OH is 1. The molecule has 0 saturated heterocycles. The van der Waals surface area contributed by atoms with Crippen molar-refractivity contribution < 1.29 is 18.7 Å². The number of carbonyl (C=O) groups excluding carboxylic acids is 1. The number of imidazole rings is 1. The maximum Gasteiger partial charge on any atom is 0.226 e. The molecule has 10 heteroatoms. The number of rotatable bonds is 9. The summed E-state index contributed by atoms with van der Waals surface area (Å²) in [5, 5.41) is 13.2. The molecule has 0 spiro atoms. The highest BCUT2D eigenvalue weighted by atomic mass is 35.5. The number of hydrogen-bond donors (Lipinski definition) is 2. The molecule has 3 aromatic carbocycles. The highest BCUT2D eigenvalue weighted by Gasteiger charge is 2.31. The van der Waals surface area contributed by atoms with Gasteiger partial charge in [-0.25, -0.2) is 13.8 Å². The molecule has 4 aromatic rings. The molecular formula is C31H33ClF2N4O2S. The summed E-state index contributed by atoms with van der Waals surface area (Å²) in [6.07, 6.45) is 1.21. The van der Waals surface area contributed by atoms with E-state index in [0.29, 0.717) is 67.5 Å². The molecule has 1 aromatic heterocycles. The van der Waals surface area contributed by atoms with Gasteiger partial charge >= 0.3 is 0 Å². The van der Waals surface area contributed by atoms with Crippen LogP contribution in [0.1, 0.15) is 31.2 Å². The van der Waals surface area contributed by atoms with E-state index in [2.05, 4.69) is 5.32 Å². The zero-order chi connectivity index (χ0) is 28.2. The van der Waals surface area contributed by atoms with Gasteiger partial charge in [-0.1, -0.05) is 41.9 Å². The topological polar surface area (TPSA) is 70.4 Å². The third kappa shape index (κ3) is 7.28. The Bertz CT molecular complexity index is 1480. The van der Waals surface area contributed by atoms with E-state index in [1.165, 1.54) is 24.3 Å². The second kappa shape index (κ2) is 13.5. The standard InChI is InChI=1S/C31H31ClF2N4O2.H2S/c1-20(39)7-8-23(17-21-5-3-2-4-6-21)31(40)37-15-16-38-28(19-37)36-29(22-9-11-24(33)12-10-22)30(38)35-25-13-14-26(32)27(34)18-25;/h2-6,9-14,18,20,23,35,39H,7-8,15-17,19H2,1H3;1H2/t20?,23-;/m0./s1. The Hall–Kier alpha value is -3.40. The van der Waals surface area contributed by atoms with Crippen molar-refractivity contribution >= 4 is 42.5 Å². The van der Waals surface area contributed by atoms with E-state index in [-0.39, 0.29) is 36.2 Å². The van der Waals surface area contributed by atoms with Crippen molar-refractivity contribution in [2.75, 3.05) is 11.9 Å². The van der Waals surface area contributed by atoms with E-state index in [1.54, 1.807) is 25.1 Å². The minimum absolute atomic E-state index is 0. The van der Waals surface area contributed by atoms with E-state index in [1.807, 2.05) is 39.8 Å². The van der Waals surface area contributed by atoms with Gasteiger partial charge in [0.2, 0.25) is 5.91 Å². The van der Waals surface area contributed by atoms with Gasteiger partial charge in [0.15, 0.2) is 0 Å². The lowest BCUT2D eigenvalue weighted by atomic mass is 9.92. The van der Waals surface area contributed by atoms with Crippen LogP contribution in [0.2, 0.25) is 5.02 Å².